The van der Waals surface area contributed by atoms with E-state index in [0.29, 0.717) is 5.75 Å². The molecule has 1 aromatic heterocycles. The maximum Gasteiger partial charge on any atom is 0.349 e. The molecule has 0 amide bonds. The van der Waals surface area contributed by atoms with Gasteiger partial charge in [0.2, 0.25) is 0 Å². The Labute approximate surface area is 95.7 Å². The summed E-state index contributed by atoms with van der Waals surface area (Å²) in [5, 5.41) is 18.5. The average Bonchev–Trinajstić information content (AvgIpc) is 2.65. The standard InChI is InChI=1S/C11H10O4S/c12-5-6-15-9-7-3-1-2-4-8(7)16-10(9)11(13)14/h1-4,12H,5-6H2,(H,13,14). The Kier molecular flexibility index (Phi) is 3.07. The van der Waals surface area contributed by atoms with Gasteiger partial charge in [-0.25, -0.2) is 4.79 Å². The van der Waals surface area contributed by atoms with Gasteiger partial charge in [-0.05, 0) is 12.1 Å². The number of carbonyl (C=O) groups is 1. The number of hydrogen-bond donors (Lipinski definition) is 2. The lowest BCUT2D eigenvalue weighted by Gasteiger charge is -2.03. The Balaban J connectivity index is 2.55. The van der Waals surface area contributed by atoms with Crippen molar-refractivity contribution in [1.29, 1.82) is 0 Å². The van der Waals surface area contributed by atoms with Gasteiger partial charge in [0.25, 0.3) is 0 Å². The van der Waals surface area contributed by atoms with Crippen molar-refractivity contribution in [2.45, 2.75) is 0 Å². The molecule has 1 heterocycles. The zero-order valence-corrected chi connectivity index (χ0v) is 9.16. The first kappa shape index (κ1) is 10.9. The molecule has 0 atom stereocenters. The van der Waals surface area contributed by atoms with E-state index in [1.54, 1.807) is 0 Å². The van der Waals surface area contributed by atoms with E-state index in [9.17, 15) is 4.79 Å². The van der Waals surface area contributed by atoms with Crippen LogP contribution in [0, 0.1) is 0 Å². The van der Waals surface area contributed by atoms with E-state index in [1.807, 2.05) is 24.3 Å². The summed E-state index contributed by atoms with van der Waals surface area (Å²) in [7, 11) is 0. The third-order valence-corrected chi connectivity index (χ3v) is 3.22. The van der Waals surface area contributed by atoms with Gasteiger partial charge < -0.3 is 14.9 Å². The first-order valence-electron chi connectivity index (χ1n) is 4.72. The highest BCUT2D eigenvalue weighted by atomic mass is 32.1. The summed E-state index contributed by atoms with van der Waals surface area (Å²) in [6, 6.07) is 7.33. The molecule has 0 bridgehead atoms. The molecule has 5 heteroatoms. The van der Waals surface area contributed by atoms with Gasteiger partial charge in [-0.1, -0.05) is 12.1 Å². The van der Waals surface area contributed by atoms with E-state index in [2.05, 4.69) is 0 Å². The van der Waals surface area contributed by atoms with E-state index >= 15 is 0 Å². The second-order valence-corrected chi connectivity index (χ2v) is 4.19. The summed E-state index contributed by atoms with van der Waals surface area (Å²) < 4.78 is 6.15. The Morgan fingerprint density at radius 3 is 2.81 bits per heavy atom. The molecule has 0 saturated carbocycles. The molecule has 0 radical (unpaired) electrons. The van der Waals surface area contributed by atoms with Gasteiger partial charge in [-0.15, -0.1) is 11.3 Å². The first-order chi connectivity index (χ1) is 7.74. The zero-order valence-electron chi connectivity index (χ0n) is 8.34. The van der Waals surface area contributed by atoms with Gasteiger partial charge in [-0.3, -0.25) is 0 Å². The molecule has 0 aliphatic carbocycles. The summed E-state index contributed by atoms with van der Waals surface area (Å²) in [6.07, 6.45) is 0. The smallest absolute Gasteiger partial charge is 0.349 e. The number of thiophene rings is 1. The first-order valence-corrected chi connectivity index (χ1v) is 5.54. The number of aromatic carboxylic acids is 1. The highest BCUT2D eigenvalue weighted by Gasteiger charge is 2.18. The fourth-order valence-electron chi connectivity index (χ4n) is 1.45. The van der Waals surface area contributed by atoms with Gasteiger partial charge >= 0.3 is 5.97 Å². The number of aliphatic hydroxyl groups excluding tert-OH is 1. The number of benzene rings is 1. The predicted molar refractivity (Wildman–Crippen MR) is 61.4 cm³/mol. The van der Waals surface area contributed by atoms with Crippen LogP contribution in [0.2, 0.25) is 0 Å². The minimum atomic E-state index is -1.01. The maximum atomic E-state index is 11.0. The molecule has 0 aliphatic heterocycles. The summed E-state index contributed by atoms with van der Waals surface area (Å²) >= 11 is 1.18. The van der Waals surface area contributed by atoms with Crippen molar-refractivity contribution < 1.29 is 19.7 Å². The molecule has 2 N–H and O–H groups in total. The molecule has 0 spiro atoms. The third-order valence-electron chi connectivity index (χ3n) is 2.08. The van der Waals surface area contributed by atoms with E-state index in [0.717, 1.165) is 10.1 Å². The Morgan fingerprint density at radius 1 is 1.38 bits per heavy atom. The topological polar surface area (TPSA) is 66.8 Å². The summed E-state index contributed by atoms with van der Waals surface area (Å²) in [4.78, 5) is 11.2. The van der Waals surface area contributed by atoms with E-state index < -0.39 is 5.97 Å². The minimum Gasteiger partial charge on any atom is -0.489 e. The normalized spacial score (nSPS) is 10.6. The van der Waals surface area contributed by atoms with Gasteiger partial charge in [0.1, 0.15) is 6.61 Å². The van der Waals surface area contributed by atoms with Crippen LogP contribution in [0.25, 0.3) is 10.1 Å². The molecule has 0 saturated heterocycles. The monoisotopic (exact) mass is 238 g/mol. The lowest BCUT2D eigenvalue weighted by Crippen LogP contribution is -2.04. The quantitative estimate of drug-likeness (QED) is 0.854. The van der Waals surface area contributed by atoms with Crippen LogP contribution < -0.4 is 4.74 Å². The van der Waals surface area contributed by atoms with Crippen molar-refractivity contribution in [3.05, 3.63) is 29.1 Å². The zero-order chi connectivity index (χ0) is 11.5. The highest BCUT2D eigenvalue weighted by molar-refractivity contribution is 7.21. The molecule has 0 unspecified atom stereocenters. The van der Waals surface area contributed by atoms with Crippen LogP contribution in [0.5, 0.6) is 5.75 Å². The number of aliphatic hydroxyl groups is 1. The largest absolute Gasteiger partial charge is 0.489 e. The minimum absolute atomic E-state index is 0.0982. The fraction of sp³-hybridized carbons (Fsp3) is 0.182. The van der Waals surface area contributed by atoms with Crippen molar-refractivity contribution in [2.75, 3.05) is 13.2 Å². The van der Waals surface area contributed by atoms with E-state index in [-0.39, 0.29) is 18.1 Å². The number of carboxylic acid groups (broad SMARTS) is 1. The van der Waals surface area contributed by atoms with Crippen LogP contribution >= 0.6 is 11.3 Å². The van der Waals surface area contributed by atoms with Crippen molar-refractivity contribution in [2.24, 2.45) is 0 Å². The predicted octanol–water partition coefficient (Wildman–Crippen LogP) is 1.97. The molecular formula is C11H10O4S. The Morgan fingerprint density at radius 2 is 2.12 bits per heavy atom. The number of hydrogen-bond acceptors (Lipinski definition) is 4. The lowest BCUT2D eigenvalue weighted by molar-refractivity contribution is 0.0697. The molecule has 84 valence electrons. The van der Waals surface area contributed by atoms with Gasteiger partial charge in [-0.2, -0.15) is 0 Å². The summed E-state index contributed by atoms with van der Waals surface area (Å²) in [5.74, 6) is -0.656. The van der Waals surface area contributed by atoms with Crippen LogP contribution in [0.1, 0.15) is 9.67 Å². The molecule has 2 rings (SSSR count). The maximum absolute atomic E-state index is 11.0. The lowest BCUT2D eigenvalue weighted by atomic mass is 10.2. The van der Waals surface area contributed by atoms with Crippen molar-refractivity contribution >= 4 is 27.4 Å². The highest BCUT2D eigenvalue weighted by Crippen LogP contribution is 2.37. The molecule has 0 fully saturated rings. The molecule has 16 heavy (non-hydrogen) atoms. The van der Waals surface area contributed by atoms with Crippen LogP contribution in [0.15, 0.2) is 24.3 Å². The molecule has 1 aromatic carbocycles. The molecular weight excluding hydrogens is 228 g/mol. The third kappa shape index (κ3) is 1.87. The summed E-state index contributed by atoms with van der Waals surface area (Å²) in [6.45, 7) is -0.0375. The van der Waals surface area contributed by atoms with Crippen molar-refractivity contribution in [3.63, 3.8) is 0 Å². The summed E-state index contributed by atoms with van der Waals surface area (Å²) in [5.41, 5.74) is 0. The second-order valence-electron chi connectivity index (χ2n) is 3.13. The second kappa shape index (κ2) is 4.51. The van der Waals surface area contributed by atoms with E-state index in [4.69, 9.17) is 14.9 Å². The SMILES string of the molecule is O=C(O)c1sc2ccccc2c1OCCO. The van der Waals surface area contributed by atoms with Gasteiger partial charge in [0.05, 0.1) is 6.61 Å². The van der Waals surface area contributed by atoms with E-state index in [1.165, 1.54) is 11.3 Å². The van der Waals surface area contributed by atoms with Gasteiger partial charge in [0, 0.05) is 10.1 Å². The Bertz CT molecular complexity index is 518. The molecule has 2 aromatic rings. The molecule has 0 aliphatic rings. The van der Waals surface area contributed by atoms with Crippen LogP contribution in [0.4, 0.5) is 0 Å². The molecule has 4 nitrogen and oxygen atoms in total. The number of fused-ring (bicyclic) bond motifs is 1. The average molecular weight is 238 g/mol. The van der Waals surface area contributed by atoms with Crippen LogP contribution in [0.3, 0.4) is 0 Å². The van der Waals surface area contributed by atoms with Crippen molar-refractivity contribution in [1.82, 2.24) is 0 Å². The Hall–Kier alpha value is -1.59. The number of rotatable bonds is 4. The van der Waals surface area contributed by atoms with Crippen LogP contribution in [-0.4, -0.2) is 29.4 Å². The van der Waals surface area contributed by atoms with Crippen LogP contribution in [-0.2, 0) is 0 Å². The fourth-order valence-corrected chi connectivity index (χ4v) is 2.44. The number of ether oxygens (including phenoxy) is 1. The number of carboxylic acids is 1. The van der Waals surface area contributed by atoms with Gasteiger partial charge in [0.15, 0.2) is 10.6 Å². The van der Waals surface area contributed by atoms with Crippen molar-refractivity contribution in [3.8, 4) is 5.75 Å².